The Morgan fingerprint density at radius 1 is 1.04 bits per heavy atom. The van der Waals surface area contributed by atoms with E-state index in [1.807, 2.05) is 31.2 Å². The highest BCUT2D eigenvalue weighted by molar-refractivity contribution is 5.83. The molecular weight excluding hydrogens is 352 g/mol. The van der Waals surface area contributed by atoms with E-state index in [9.17, 15) is 4.79 Å². The minimum Gasteiger partial charge on any atom is -0.361 e. The molecule has 4 rings (SSSR count). The smallest absolute Gasteiger partial charge is 0.244 e. The zero-order valence-corrected chi connectivity index (χ0v) is 16.7. The summed E-state index contributed by atoms with van der Waals surface area (Å²) in [5.74, 6) is 1.12. The van der Waals surface area contributed by atoms with Crippen molar-refractivity contribution in [3.8, 4) is 0 Å². The average molecular weight is 383 g/mol. The van der Waals surface area contributed by atoms with Gasteiger partial charge in [0, 0.05) is 51.9 Å². The first-order valence-electron chi connectivity index (χ1n) is 10.4. The topological polar surface area (TPSA) is 52.8 Å². The van der Waals surface area contributed by atoms with Gasteiger partial charge >= 0.3 is 0 Å². The average Bonchev–Trinajstić information content (AvgIpc) is 3.15. The molecule has 0 aliphatic carbocycles. The van der Waals surface area contributed by atoms with E-state index >= 15 is 0 Å². The molecule has 0 bridgehead atoms. The van der Waals surface area contributed by atoms with Crippen LogP contribution in [0, 0.1) is 6.92 Å². The van der Waals surface area contributed by atoms with Crippen molar-refractivity contribution in [1.29, 1.82) is 0 Å². The molecule has 0 radical (unpaired) electrons. The Hall–Kier alpha value is -2.18. The van der Waals surface area contributed by atoms with Gasteiger partial charge in [-0.2, -0.15) is 0 Å². The maximum atomic E-state index is 13.4. The van der Waals surface area contributed by atoms with Crippen molar-refractivity contribution in [2.75, 3.05) is 39.3 Å². The minimum atomic E-state index is -0.171. The van der Waals surface area contributed by atoms with Crippen LogP contribution in [0.5, 0.6) is 0 Å². The van der Waals surface area contributed by atoms with E-state index in [1.54, 1.807) is 0 Å². The Morgan fingerprint density at radius 2 is 1.75 bits per heavy atom. The highest BCUT2D eigenvalue weighted by Gasteiger charge is 2.33. The molecule has 150 valence electrons. The van der Waals surface area contributed by atoms with E-state index in [1.165, 1.54) is 6.42 Å². The molecule has 2 aliphatic heterocycles. The first kappa shape index (κ1) is 19.2. The Labute approximate surface area is 167 Å². The predicted octanol–water partition coefficient (Wildman–Crippen LogP) is 2.85. The Kier molecular flexibility index (Phi) is 6.07. The number of carbonyl (C=O) groups is 1. The van der Waals surface area contributed by atoms with Gasteiger partial charge in [0.05, 0.1) is 5.69 Å². The Morgan fingerprint density at radius 3 is 2.39 bits per heavy atom. The lowest BCUT2D eigenvalue weighted by Crippen LogP contribution is -2.52. The number of piperazine rings is 1. The van der Waals surface area contributed by atoms with Crippen LogP contribution in [0.3, 0.4) is 0 Å². The van der Waals surface area contributed by atoms with Crippen LogP contribution in [0.25, 0.3) is 0 Å². The highest BCUT2D eigenvalue weighted by Crippen LogP contribution is 2.26. The lowest BCUT2D eigenvalue weighted by molar-refractivity contribution is -0.139. The lowest BCUT2D eigenvalue weighted by atomic mass is 10.0. The Balaban J connectivity index is 1.44. The molecule has 2 aromatic rings. The molecule has 0 unspecified atom stereocenters. The quantitative estimate of drug-likeness (QED) is 0.796. The van der Waals surface area contributed by atoms with Gasteiger partial charge < -0.3 is 9.42 Å². The molecule has 1 aromatic heterocycles. The Bertz CT molecular complexity index is 762. The van der Waals surface area contributed by atoms with Crippen molar-refractivity contribution < 1.29 is 9.32 Å². The van der Waals surface area contributed by atoms with Crippen LogP contribution in [0.4, 0.5) is 0 Å². The number of hydrogen-bond donors (Lipinski definition) is 0. The van der Waals surface area contributed by atoms with Gasteiger partial charge in [0.25, 0.3) is 0 Å². The van der Waals surface area contributed by atoms with Gasteiger partial charge in [0.15, 0.2) is 0 Å². The first-order valence-corrected chi connectivity index (χ1v) is 10.4. The van der Waals surface area contributed by atoms with Gasteiger partial charge in [-0.15, -0.1) is 0 Å². The summed E-state index contributed by atoms with van der Waals surface area (Å²) in [5.41, 5.74) is 2.09. The summed E-state index contributed by atoms with van der Waals surface area (Å²) in [4.78, 5) is 20.2. The summed E-state index contributed by atoms with van der Waals surface area (Å²) in [6.45, 7) is 8.16. The fraction of sp³-hybridized carbons (Fsp3) is 0.545. The summed E-state index contributed by atoms with van der Waals surface area (Å²) in [5, 5.41) is 4.11. The standard InChI is InChI=1S/C22H30N4O2/c1-18-16-20(23-28-18)17-24-12-14-25(15-13-24)21(19-8-4-2-5-9-19)22(27)26-10-6-3-7-11-26/h2,4-5,8-9,16,21H,3,6-7,10-15,17H2,1H3/t21-/m1/s1. The van der Waals surface area contributed by atoms with Crippen molar-refractivity contribution in [2.45, 2.75) is 38.8 Å². The second kappa shape index (κ2) is 8.88. The zero-order chi connectivity index (χ0) is 19.3. The zero-order valence-electron chi connectivity index (χ0n) is 16.7. The van der Waals surface area contributed by atoms with Crippen molar-refractivity contribution >= 4 is 5.91 Å². The van der Waals surface area contributed by atoms with E-state index in [0.717, 1.165) is 75.7 Å². The number of likely N-dealkylation sites (tertiary alicyclic amines) is 1. The highest BCUT2D eigenvalue weighted by atomic mass is 16.5. The molecule has 2 saturated heterocycles. The van der Waals surface area contributed by atoms with Gasteiger partial charge in [-0.25, -0.2) is 0 Å². The van der Waals surface area contributed by atoms with Crippen molar-refractivity contribution in [3.63, 3.8) is 0 Å². The third-order valence-corrected chi connectivity index (χ3v) is 5.85. The molecule has 6 heteroatoms. The van der Waals surface area contributed by atoms with Crippen LogP contribution in [0.15, 0.2) is 40.9 Å². The number of aromatic nitrogens is 1. The monoisotopic (exact) mass is 382 g/mol. The molecule has 6 nitrogen and oxygen atoms in total. The van der Waals surface area contributed by atoms with Gasteiger partial charge in [-0.3, -0.25) is 14.6 Å². The molecule has 28 heavy (non-hydrogen) atoms. The molecule has 0 saturated carbocycles. The molecule has 0 spiro atoms. The van der Waals surface area contributed by atoms with Crippen molar-refractivity contribution in [2.24, 2.45) is 0 Å². The van der Waals surface area contributed by atoms with Crippen LogP contribution in [-0.2, 0) is 11.3 Å². The number of piperidine rings is 1. The molecule has 1 atom stereocenters. The van der Waals surface area contributed by atoms with Crippen LogP contribution >= 0.6 is 0 Å². The number of benzene rings is 1. The third kappa shape index (κ3) is 4.45. The second-order valence-corrected chi connectivity index (χ2v) is 7.94. The molecular formula is C22H30N4O2. The SMILES string of the molecule is Cc1cc(CN2CCN([C@@H](C(=O)N3CCCCC3)c3ccccc3)CC2)no1. The number of hydrogen-bond acceptors (Lipinski definition) is 5. The number of rotatable bonds is 5. The van der Waals surface area contributed by atoms with Crippen molar-refractivity contribution in [3.05, 3.63) is 53.4 Å². The largest absolute Gasteiger partial charge is 0.361 e. The van der Waals surface area contributed by atoms with Gasteiger partial charge in [0.1, 0.15) is 11.8 Å². The van der Waals surface area contributed by atoms with E-state index < -0.39 is 0 Å². The normalized spacial score (nSPS) is 20.2. The lowest BCUT2D eigenvalue weighted by Gasteiger charge is -2.41. The summed E-state index contributed by atoms with van der Waals surface area (Å²) >= 11 is 0. The molecule has 1 amide bonds. The van der Waals surface area contributed by atoms with Gasteiger partial charge in [-0.1, -0.05) is 35.5 Å². The minimum absolute atomic E-state index is 0.171. The summed E-state index contributed by atoms with van der Waals surface area (Å²) in [6.07, 6.45) is 3.48. The van der Waals surface area contributed by atoms with Crippen molar-refractivity contribution in [1.82, 2.24) is 19.9 Å². The molecule has 0 N–H and O–H groups in total. The summed E-state index contributed by atoms with van der Waals surface area (Å²) < 4.78 is 5.18. The molecule has 2 fully saturated rings. The summed E-state index contributed by atoms with van der Waals surface area (Å²) in [6, 6.07) is 12.1. The number of carbonyl (C=O) groups excluding carboxylic acids is 1. The van der Waals surface area contributed by atoms with E-state index in [2.05, 4.69) is 32.0 Å². The van der Waals surface area contributed by atoms with Gasteiger partial charge in [-0.05, 0) is 31.7 Å². The van der Waals surface area contributed by atoms with Gasteiger partial charge in [0.2, 0.25) is 5.91 Å². The van der Waals surface area contributed by atoms with Crippen LogP contribution in [0.2, 0.25) is 0 Å². The maximum Gasteiger partial charge on any atom is 0.244 e. The van der Waals surface area contributed by atoms with E-state index in [4.69, 9.17) is 4.52 Å². The molecule has 1 aromatic carbocycles. The fourth-order valence-corrected chi connectivity index (χ4v) is 4.33. The van der Waals surface area contributed by atoms with E-state index in [-0.39, 0.29) is 11.9 Å². The number of amides is 1. The third-order valence-electron chi connectivity index (χ3n) is 5.85. The summed E-state index contributed by atoms with van der Waals surface area (Å²) in [7, 11) is 0. The predicted molar refractivity (Wildman–Crippen MR) is 108 cm³/mol. The fourth-order valence-electron chi connectivity index (χ4n) is 4.33. The second-order valence-electron chi connectivity index (χ2n) is 7.94. The van der Waals surface area contributed by atoms with Crippen LogP contribution in [0.1, 0.15) is 42.3 Å². The molecule has 3 heterocycles. The van der Waals surface area contributed by atoms with Crippen LogP contribution < -0.4 is 0 Å². The number of nitrogens with zero attached hydrogens (tertiary/aromatic N) is 4. The van der Waals surface area contributed by atoms with Crippen LogP contribution in [-0.4, -0.2) is 65.0 Å². The molecule has 2 aliphatic rings. The number of aryl methyl sites for hydroxylation is 1. The van der Waals surface area contributed by atoms with E-state index in [0.29, 0.717) is 0 Å². The first-order chi connectivity index (χ1) is 13.7. The maximum absolute atomic E-state index is 13.4.